The van der Waals surface area contributed by atoms with Gasteiger partial charge in [-0.15, -0.1) is 0 Å². The molecule has 1 aromatic rings. The Hall–Kier alpha value is -2.51. The van der Waals surface area contributed by atoms with Crippen LogP contribution in [0.15, 0.2) is 17.1 Å². The lowest BCUT2D eigenvalue weighted by Gasteiger charge is -2.09. The van der Waals surface area contributed by atoms with Crippen LogP contribution in [-0.2, 0) is 0 Å². The van der Waals surface area contributed by atoms with E-state index < -0.39 is 16.4 Å². The number of nitro groups is 1. The van der Waals surface area contributed by atoms with Gasteiger partial charge in [-0.1, -0.05) is 0 Å². The Balaban J connectivity index is 3.25. The van der Waals surface area contributed by atoms with Gasteiger partial charge in [0.05, 0.1) is 17.7 Å². The minimum absolute atomic E-state index is 0.0292. The van der Waals surface area contributed by atoms with Gasteiger partial charge in [0.2, 0.25) is 11.8 Å². The fourth-order valence-electron chi connectivity index (χ4n) is 1.12. The highest BCUT2D eigenvalue weighted by Crippen LogP contribution is 2.31. The van der Waals surface area contributed by atoms with Crippen LogP contribution >= 0.6 is 0 Å². The van der Waals surface area contributed by atoms with Crippen molar-refractivity contribution in [3.8, 4) is 5.75 Å². The van der Waals surface area contributed by atoms with Crippen molar-refractivity contribution >= 4 is 24.1 Å². The number of hydrogen-bond donors (Lipinski definition) is 2. The van der Waals surface area contributed by atoms with Gasteiger partial charge < -0.3 is 10.1 Å². The van der Waals surface area contributed by atoms with Crippen molar-refractivity contribution in [1.82, 2.24) is 0 Å². The maximum absolute atomic E-state index is 13.2. The summed E-state index contributed by atoms with van der Waals surface area (Å²) in [7, 11) is 1.27. The van der Waals surface area contributed by atoms with Gasteiger partial charge in [0.25, 0.3) is 0 Å². The minimum Gasteiger partial charge on any atom is -0.494 e. The molecular formula is C9H9FN4O3. The Morgan fingerprint density at radius 1 is 1.71 bits per heavy atom. The van der Waals surface area contributed by atoms with E-state index in [1.165, 1.54) is 7.11 Å². The third-order valence-electron chi connectivity index (χ3n) is 1.88. The third kappa shape index (κ3) is 2.74. The maximum atomic E-state index is 13.2. The first-order valence-electron chi connectivity index (χ1n) is 4.33. The number of nitro benzene ring substituents is 1. The molecule has 1 rings (SSSR count). The number of hydrogen-bond acceptors (Lipinski definition) is 4. The van der Waals surface area contributed by atoms with Crippen molar-refractivity contribution in [2.75, 3.05) is 12.4 Å². The summed E-state index contributed by atoms with van der Waals surface area (Å²) in [5.74, 6) is -1.32. The lowest BCUT2D eigenvalue weighted by Crippen LogP contribution is -2.09. The van der Waals surface area contributed by atoms with E-state index in [4.69, 9.17) is 10.1 Å². The second-order valence-electron chi connectivity index (χ2n) is 2.89. The van der Waals surface area contributed by atoms with Crippen LogP contribution in [-0.4, -0.2) is 24.7 Å². The van der Waals surface area contributed by atoms with E-state index in [-0.39, 0.29) is 17.4 Å². The number of guanidine groups is 1. The topological polar surface area (TPSA) is 101 Å². The Morgan fingerprint density at radius 2 is 2.35 bits per heavy atom. The Kier molecular flexibility index (Phi) is 3.70. The monoisotopic (exact) mass is 240 g/mol. The van der Waals surface area contributed by atoms with Gasteiger partial charge in [0.1, 0.15) is 5.75 Å². The first-order valence-corrected chi connectivity index (χ1v) is 4.33. The second-order valence-corrected chi connectivity index (χ2v) is 2.89. The molecule has 0 spiro atoms. The Bertz CT molecular complexity index is 489. The maximum Gasteiger partial charge on any atom is 0.307 e. The highest BCUT2D eigenvalue weighted by Gasteiger charge is 2.19. The zero-order chi connectivity index (χ0) is 13.0. The normalized spacial score (nSPS) is 9.53. The van der Waals surface area contributed by atoms with Crippen LogP contribution in [0.4, 0.5) is 15.8 Å². The molecule has 0 atom stereocenters. The number of aliphatic imine (C=N–C) groups is 1. The Morgan fingerprint density at radius 3 is 2.82 bits per heavy atom. The van der Waals surface area contributed by atoms with Gasteiger partial charge in [0.15, 0.2) is 0 Å². The molecule has 90 valence electrons. The van der Waals surface area contributed by atoms with Crippen LogP contribution in [0.1, 0.15) is 0 Å². The lowest BCUT2D eigenvalue weighted by molar-refractivity contribution is -0.387. The van der Waals surface area contributed by atoms with Gasteiger partial charge in [-0.3, -0.25) is 15.5 Å². The fourth-order valence-corrected chi connectivity index (χ4v) is 1.12. The number of nitrogens with one attached hydrogen (secondary N) is 2. The van der Waals surface area contributed by atoms with Crippen molar-refractivity contribution in [3.63, 3.8) is 0 Å². The zero-order valence-electron chi connectivity index (χ0n) is 8.86. The quantitative estimate of drug-likeness (QED) is 0.364. The zero-order valence-corrected chi connectivity index (χ0v) is 8.86. The number of methoxy groups -OCH3 is 1. The molecule has 17 heavy (non-hydrogen) atoms. The standard InChI is InChI=1S/C9H9FN4O3/c1-12-9(11)13-6-4-7(14(15)16)5(10)3-8(6)17-2/h3-4H,1H2,2H3,(H2,11,13). The molecule has 0 aliphatic carbocycles. The van der Waals surface area contributed by atoms with E-state index in [1.807, 2.05) is 0 Å². The number of rotatable bonds is 3. The number of nitrogens with zero attached hydrogens (tertiary/aromatic N) is 2. The Labute approximate surface area is 95.6 Å². The number of ether oxygens (including phenoxy) is 1. The molecule has 2 N–H and O–H groups in total. The smallest absolute Gasteiger partial charge is 0.307 e. The molecule has 0 radical (unpaired) electrons. The molecule has 0 fully saturated rings. The molecule has 0 aliphatic heterocycles. The summed E-state index contributed by atoms with van der Waals surface area (Å²) in [6, 6.07) is 1.78. The molecule has 0 unspecified atom stereocenters. The molecule has 0 heterocycles. The second kappa shape index (κ2) is 5.01. The molecular weight excluding hydrogens is 231 g/mol. The summed E-state index contributed by atoms with van der Waals surface area (Å²) < 4.78 is 18.1. The molecule has 0 aliphatic rings. The van der Waals surface area contributed by atoms with Crippen LogP contribution in [0.5, 0.6) is 5.75 Å². The first kappa shape index (κ1) is 12.6. The van der Waals surface area contributed by atoms with E-state index in [2.05, 4.69) is 17.0 Å². The SMILES string of the molecule is C=NC(=N)Nc1cc([N+](=O)[O-])c(F)cc1OC. The van der Waals surface area contributed by atoms with Crippen molar-refractivity contribution < 1.29 is 14.1 Å². The van der Waals surface area contributed by atoms with Crippen LogP contribution < -0.4 is 10.1 Å². The molecule has 0 bridgehead atoms. The van der Waals surface area contributed by atoms with E-state index in [1.54, 1.807) is 0 Å². The highest BCUT2D eigenvalue weighted by molar-refractivity contribution is 5.95. The van der Waals surface area contributed by atoms with Gasteiger partial charge in [-0.05, 0) is 6.72 Å². The average Bonchev–Trinajstić information content (AvgIpc) is 2.30. The molecule has 0 saturated carbocycles. The van der Waals surface area contributed by atoms with E-state index >= 15 is 0 Å². The van der Waals surface area contributed by atoms with Crippen molar-refractivity contribution in [2.45, 2.75) is 0 Å². The molecule has 7 nitrogen and oxygen atoms in total. The van der Waals surface area contributed by atoms with Gasteiger partial charge >= 0.3 is 5.69 Å². The highest BCUT2D eigenvalue weighted by atomic mass is 19.1. The summed E-state index contributed by atoms with van der Waals surface area (Å²) in [5.41, 5.74) is -0.650. The summed E-state index contributed by atoms with van der Waals surface area (Å²) in [4.78, 5) is 12.9. The number of benzene rings is 1. The lowest BCUT2D eigenvalue weighted by atomic mass is 10.2. The van der Waals surface area contributed by atoms with Gasteiger partial charge in [-0.2, -0.15) is 4.39 Å². The van der Waals surface area contributed by atoms with Crippen molar-refractivity contribution in [2.24, 2.45) is 4.99 Å². The van der Waals surface area contributed by atoms with Crippen molar-refractivity contribution in [1.29, 1.82) is 5.41 Å². The number of anilines is 1. The van der Waals surface area contributed by atoms with Crippen molar-refractivity contribution in [3.05, 3.63) is 28.1 Å². The predicted molar refractivity (Wildman–Crippen MR) is 60.5 cm³/mol. The van der Waals surface area contributed by atoms with E-state index in [0.717, 1.165) is 12.1 Å². The minimum atomic E-state index is -1.02. The molecule has 8 heteroatoms. The van der Waals surface area contributed by atoms with Crippen LogP contribution in [0, 0.1) is 21.3 Å². The van der Waals surface area contributed by atoms with Gasteiger partial charge in [0, 0.05) is 12.1 Å². The molecule has 1 aromatic carbocycles. The summed E-state index contributed by atoms with van der Waals surface area (Å²) in [6.45, 7) is 3.10. The largest absolute Gasteiger partial charge is 0.494 e. The first-order chi connectivity index (χ1) is 7.99. The van der Waals surface area contributed by atoms with Crippen LogP contribution in [0.2, 0.25) is 0 Å². The number of halogens is 1. The summed E-state index contributed by atoms with van der Waals surface area (Å²) in [6.07, 6.45) is 0. The average molecular weight is 240 g/mol. The van der Waals surface area contributed by atoms with E-state index in [0.29, 0.717) is 0 Å². The fraction of sp³-hybridized carbons (Fsp3) is 0.111. The van der Waals surface area contributed by atoms with Crippen LogP contribution in [0.25, 0.3) is 0 Å². The molecule has 0 aromatic heterocycles. The van der Waals surface area contributed by atoms with Gasteiger partial charge in [-0.25, -0.2) is 4.99 Å². The van der Waals surface area contributed by atoms with E-state index in [9.17, 15) is 14.5 Å². The van der Waals surface area contributed by atoms with Crippen LogP contribution in [0.3, 0.4) is 0 Å². The predicted octanol–water partition coefficient (Wildman–Crippen LogP) is 1.79. The molecule has 0 saturated heterocycles. The third-order valence-corrected chi connectivity index (χ3v) is 1.88. The summed E-state index contributed by atoms with van der Waals surface area (Å²) >= 11 is 0. The molecule has 0 amide bonds. The summed E-state index contributed by atoms with van der Waals surface area (Å²) in [5, 5.41) is 20.1.